The molecule has 4 nitrogen and oxygen atoms in total. The Bertz CT molecular complexity index is 486. The van der Waals surface area contributed by atoms with Crippen LogP contribution >= 0.6 is 0 Å². The zero-order chi connectivity index (χ0) is 12.8. The van der Waals surface area contributed by atoms with Crippen molar-refractivity contribution in [2.75, 3.05) is 6.61 Å². The Labute approximate surface area is 105 Å². The van der Waals surface area contributed by atoms with Gasteiger partial charge in [-0.3, -0.25) is 0 Å². The van der Waals surface area contributed by atoms with Crippen LogP contribution in [0, 0.1) is 5.82 Å². The van der Waals surface area contributed by atoms with Gasteiger partial charge in [0.15, 0.2) is 11.6 Å². The Kier molecular flexibility index (Phi) is 4.30. The molecule has 1 aromatic heterocycles. The summed E-state index contributed by atoms with van der Waals surface area (Å²) >= 11 is 0. The summed E-state index contributed by atoms with van der Waals surface area (Å²) in [7, 11) is 0. The van der Waals surface area contributed by atoms with Gasteiger partial charge in [0.05, 0.1) is 19.5 Å². The molecule has 0 aliphatic heterocycles. The zero-order valence-corrected chi connectivity index (χ0v) is 9.92. The van der Waals surface area contributed by atoms with Crippen LogP contribution in [-0.4, -0.2) is 21.3 Å². The molecule has 0 unspecified atom stereocenters. The number of aryl methyl sites for hydroxylation is 1. The second kappa shape index (κ2) is 6.16. The Balaban J connectivity index is 1.79. The highest BCUT2D eigenvalue weighted by molar-refractivity contribution is 5.28. The summed E-state index contributed by atoms with van der Waals surface area (Å²) < 4.78 is 20.8. The maximum Gasteiger partial charge on any atom is 0.165 e. The van der Waals surface area contributed by atoms with Gasteiger partial charge in [-0.25, -0.2) is 9.37 Å². The molecule has 0 saturated heterocycles. The zero-order valence-electron chi connectivity index (χ0n) is 9.92. The van der Waals surface area contributed by atoms with Crippen LogP contribution in [0.2, 0.25) is 0 Å². The number of aromatic nitrogens is 2. The number of ether oxygens (including phenoxy) is 1. The lowest BCUT2D eigenvalue weighted by atomic mass is 10.2. The molecule has 0 fully saturated rings. The predicted octanol–water partition coefficient (Wildman–Crippen LogP) is 1.98. The Morgan fingerprint density at radius 2 is 2.28 bits per heavy atom. The van der Waals surface area contributed by atoms with E-state index in [0.29, 0.717) is 12.2 Å². The van der Waals surface area contributed by atoms with Gasteiger partial charge in [0.25, 0.3) is 0 Å². The van der Waals surface area contributed by atoms with Crippen molar-refractivity contribution in [2.45, 2.75) is 19.6 Å². The molecule has 1 N–H and O–H groups in total. The first-order valence-electron chi connectivity index (χ1n) is 5.77. The first-order chi connectivity index (χ1) is 8.79. The molecule has 0 aliphatic rings. The van der Waals surface area contributed by atoms with Gasteiger partial charge < -0.3 is 14.4 Å². The van der Waals surface area contributed by atoms with Crippen molar-refractivity contribution in [3.05, 3.63) is 48.3 Å². The summed E-state index contributed by atoms with van der Waals surface area (Å²) in [5.41, 5.74) is 0.540. The van der Waals surface area contributed by atoms with Crippen molar-refractivity contribution in [3.63, 3.8) is 0 Å². The number of imidazole rings is 1. The van der Waals surface area contributed by atoms with Crippen LogP contribution in [0.15, 0.2) is 36.9 Å². The second-order valence-electron chi connectivity index (χ2n) is 3.93. The van der Waals surface area contributed by atoms with E-state index in [1.165, 1.54) is 12.1 Å². The van der Waals surface area contributed by atoms with E-state index >= 15 is 0 Å². The Morgan fingerprint density at radius 3 is 2.94 bits per heavy atom. The molecule has 2 rings (SSSR count). The fraction of sp³-hybridized carbons (Fsp3) is 0.308. The average molecular weight is 250 g/mol. The summed E-state index contributed by atoms with van der Waals surface area (Å²) in [6.45, 7) is 1.06. The van der Waals surface area contributed by atoms with Crippen molar-refractivity contribution in [1.29, 1.82) is 0 Å². The Morgan fingerprint density at radius 1 is 1.39 bits per heavy atom. The van der Waals surface area contributed by atoms with Crippen molar-refractivity contribution in [1.82, 2.24) is 9.55 Å². The molecule has 1 heterocycles. The highest BCUT2D eigenvalue weighted by atomic mass is 19.1. The van der Waals surface area contributed by atoms with Crippen molar-refractivity contribution in [2.24, 2.45) is 0 Å². The third kappa shape index (κ3) is 3.30. The van der Waals surface area contributed by atoms with E-state index in [-0.39, 0.29) is 12.4 Å². The molecule has 0 spiro atoms. The van der Waals surface area contributed by atoms with Gasteiger partial charge in [-0.1, -0.05) is 6.07 Å². The molecule has 0 aliphatic carbocycles. The van der Waals surface area contributed by atoms with Gasteiger partial charge >= 0.3 is 0 Å². The van der Waals surface area contributed by atoms with E-state index in [1.54, 1.807) is 18.6 Å². The molecule has 0 atom stereocenters. The normalized spacial score (nSPS) is 10.6. The molecule has 0 saturated carbocycles. The van der Waals surface area contributed by atoms with Gasteiger partial charge in [0, 0.05) is 18.9 Å². The highest BCUT2D eigenvalue weighted by Crippen LogP contribution is 2.18. The smallest absolute Gasteiger partial charge is 0.165 e. The quantitative estimate of drug-likeness (QED) is 0.797. The van der Waals surface area contributed by atoms with Crippen LogP contribution in [0.4, 0.5) is 4.39 Å². The third-order valence-corrected chi connectivity index (χ3v) is 2.56. The van der Waals surface area contributed by atoms with Crippen LogP contribution in [0.1, 0.15) is 12.0 Å². The van der Waals surface area contributed by atoms with Gasteiger partial charge in [-0.2, -0.15) is 0 Å². The summed E-state index contributed by atoms with van der Waals surface area (Å²) in [6.07, 6.45) is 6.10. The molecule has 18 heavy (non-hydrogen) atoms. The standard InChI is InChI=1S/C13H15FN2O2/c14-12-8-11(9-17)2-3-13(12)18-7-1-5-16-6-4-15-10-16/h2-4,6,8,10,17H,1,5,7,9H2. The number of aliphatic hydroxyl groups is 1. The lowest BCUT2D eigenvalue weighted by molar-refractivity contribution is 0.276. The second-order valence-corrected chi connectivity index (χ2v) is 3.93. The summed E-state index contributed by atoms with van der Waals surface area (Å²) in [4.78, 5) is 3.93. The van der Waals surface area contributed by atoms with Crippen molar-refractivity contribution < 1.29 is 14.2 Å². The number of aliphatic hydroxyl groups excluding tert-OH is 1. The van der Waals surface area contributed by atoms with E-state index in [1.807, 2.05) is 10.8 Å². The van der Waals surface area contributed by atoms with E-state index in [4.69, 9.17) is 9.84 Å². The lowest BCUT2D eigenvalue weighted by Gasteiger charge is -2.08. The van der Waals surface area contributed by atoms with Crippen LogP contribution in [0.3, 0.4) is 0 Å². The summed E-state index contributed by atoms with van der Waals surface area (Å²) in [6, 6.07) is 4.47. The lowest BCUT2D eigenvalue weighted by Crippen LogP contribution is -2.04. The number of benzene rings is 1. The average Bonchev–Trinajstić information content (AvgIpc) is 2.89. The third-order valence-electron chi connectivity index (χ3n) is 2.56. The van der Waals surface area contributed by atoms with Gasteiger partial charge in [-0.15, -0.1) is 0 Å². The largest absolute Gasteiger partial charge is 0.490 e. The van der Waals surface area contributed by atoms with Crippen molar-refractivity contribution in [3.8, 4) is 5.75 Å². The van der Waals surface area contributed by atoms with E-state index < -0.39 is 5.82 Å². The first-order valence-corrected chi connectivity index (χ1v) is 5.77. The summed E-state index contributed by atoms with van der Waals surface area (Å²) in [5, 5.41) is 8.86. The summed E-state index contributed by atoms with van der Waals surface area (Å²) in [5.74, 6) is -0.220. The minimum atomic E-state index is -0.441. The molecule has 0 amide bonds. The Hall–Kier alpha value is -1.88. The highest BCUT2D eigenvalue weighted by Gasteiger charge is 2.04. The number of nitrogens with zero attached hydrogens (tertiary/aromatic N) is 2. The van der Waals surface area contributed by atoms with E-state index in [2.05, 4.69) is 4.98 Å². The van der Waals surface area contributed by atoms with Crippen LogP contribution < -0.4 is 4.74 Å². The molecule has 1 aromatic carbocycles. The monoisotopic (exact) mass is 250 g/mol. The van der Waals surface area contributed by atoms with Crippen LogP contribution in [0.25, 0.3) is 0 Å². The number of hydrogen-bond acceptors (Lipinski definition) is 3. The maximum absolute atomic E-state index is 13.5. The minimum absolute atomic E-state index is 0.169. The molecular weight excluding hydrogens is 235 g/mol. The number of halogens is 1. The minimum Gasteiger partial charge on any atom is -0.490 e. The molecule has 0 radical (unpaired) electrons. The van der Waals surface area contributed by atoms with Crippen LogP contribution in [-0.2, 0) is 13.2 Å². The van der Waals surface area contributed by atoms with Crippen LogP contribution in [0.5, 0.6) is 5.75 Å². The maximum atomic E-state index is 13.5. The number of hydrogen-bond donors (Lipinski definition) is 1. The number of rotatable bonds is 6. The van der Waals surface area contributed by atoms with E-state index in [9.17, 15) is 4.39 Å². The first kappa shape index (κ1) is 12.6. The SMILES string of the molecule is OCc1ccc(OCCCn2ccnc2)c(F)c1. The molecular formula is C13H15FN2O2. The van der Waals surface area contributed by atoms with Gasteiger partial charge in [0.2, 0.25) is 0 Å². The predicted molar refractivity (Wildman–Crippen MR) is 64.7 cm³/mol. The van der Waals surface area contributed by atoms with Crippen molar-refractivity contribution >= 4 is 0 Å². The molecule has 96 valence electrons. The molecule has 5 heteroatoms. The topological polar surface area (TPSA) is 47.3 Å². The fourth-order valence-electron chi connectivity index (χ4n) is 1.61. The molecule has 2 aromatic rings. The van der Waals surface area contributed by atoms with Gasteiger partial charge in [0.1, 0.15) is 0 Å². The molecule has 0 bridgehead atoms. The fourth-order valence-corrected chi connectivity index (χ4v) is 1.61. The van der Waals surface area contributed by atoms with Gasteiger partial charge in [-0.05, 0) is 24.1 Å². The van der Waals surface area contributed by atoms with E-state index in [0.717, 1.165) is 13.0 Å².